The molecule has 0 aliphatic rings. The zero-order chi connectivity index (χ0) is 31.6. The van der Waals surface area contributed by atoms with Crippen LogP contribution in [-0.2, 0) is 0 Å². The minimum atomic E-state index is 0.842. The molecule has 2 heteroatoms. The summed E-state index contributed by atoms with van der Waals surface area (Å²) in [5, 5.41) is 8.00. The average molecular weight is 613 g/mol. The van der Waals surface area contributed by atoms with Gasteiger partial charge >= 0.3 is 0 Å². The fourth-order valence-electron chi connectivity index (χ4n) is 7.70. The Morgan fingerprint density at radius 2 is 0.750 bits per heavy atom. The van der Waals surface area contributed by atoms with Gasteiger partial charge < -0.3 is 8.83 Å². The van der Waals surface area contributed by atoms with Crippen molar-refractivity contribution in [3.8, 4) is 44.7 Å². The molecule has 0 amide bonds. The molecule has 0 aliphatic heterocycles. The largest absolute Gasteiger partial charge is 0.456 e. The van der Waals surface area contributed by atoms with E-state index in [0.29, 0.717) is 0 Å². The Morgan fingerprint density at radius 1 is 0.271 bits per heavy atom. The quantitative estimate of drug-likeness (QED) is 0.185. The van der Waals surface area contributed by atoms with E-state index < -0.39 is 0 Å². The van der Waals surface area contributed by atoms with Gasteiger partial charge in [0.1, 0.15) is 22.5 Å². The predicted molar refractivity (Wildman–Crippen MR) is 200 cm³/mol. The Balaban J connectivity index is 1.41. The molecule has 0 fully saturated rings. The number of rotatable bonds is 4. The smallest absolute Gasteiger partial charge is 0.143 e. The van der Waals surface area contributed by atoms with E-state index in [1.807, 2.05) is 18.2 Å². The maximum atomic E-state index is 6.91. The van der Waals surface area contributed by atoms with Gasteiger partial charge in [-0.3, -0.25) is 0 Å². The molecule has 0 atom stereocenters. The first-order chi connectivity index (χ1) is 23.8. The average Bonchev–Trinajstić information content (AvgIpc) is 3.73. The van der Waals surface area contributed by atoms with Gasteiger partial charge in [-0.05, 0) is 62.0 Å². The van der Waals surface area contributed by atoms with Crippen LogP contribution in [0.3, 0.4) is 0 Å². The highest BCUT2D eigenvalue weighted by Crippen LogP contribution is 2.52. The van der Waals surface area contributed by atoms with Crippen LogP contribution in [0.5, 0.6) is 0 Å². The lowest BCUT2D eigenvalue weighted by atomic mass is 9.82. The van der Waals surface area contributed by atoms with E-state index in [4.69, 9.17) is 8.83 Å². The molecule has 48 heavy (non-hydrogen) atoms. The number of furan rings is 2. The molecule has 2 aromatic heterocycles. The van der Waals surface area contributed by atoms with Crippen LogP contribution in [0.4, 0.5) is 0 Å². The summed E-state index contributed by atoms with van der Waals surface area (Å²) in [5.74, 6) is 0.858. The van der Waals surface area contributed by atoms with Gasteiger partial charge in [0, 0.05) is 32.8 Å². The van der Waals surface area contributed by atoms with E-state index in [0.717, 1.165) is 55.4 Å². The molecule has 2 heterocycles. The first-order valence-corrected chi connectivity index (χ1v) is 16.4. The van der Waals surface area contributed by atoms with E-state index in [1.54, 1.807) is 0 Å². The van der Waals surface area contributed by atoms with Gasteiger partial charge in [0.2, 0.25) is 0 Å². The van der Waals surface area contributed by atoms with Crippen LogP contribution in [0.2, 0.25) is 0 Å². The van der Waals surface area contributed by atoms with Crippen LogP contribution in [0.15, 0.2) is 179 Å². The molecule has 2 nitrogen and oxygen atoms in total. The van der Waals surface area contributed by atoms with Gasteiger partial charge in [-0.25, -0.2) is 0 Å². The second kappa shape index (κ2) is 10.6. The molecule has 0 radical (unpaired) electrons. The lowest BCUT2D eigenvalue weighted by molar-refractivity contribution is 0.632. The number of hydrogen-bond donors (Lipinski definition) is 0. The third-order valence-corrected chi connectivity index (χ3v) is 9.69. The lowest BCUT2D eigenvalue weighted by Gasteiger charge is -2.20. The van der Waals surface area contributed by atoms with Gasteiger partial charge in [0.25, 0.3) is 0 Å². The molecule has 0 bridgehead atoms. The molecule has 10 aromatic rings. The maximum absolute atomic E-state index is 6.91. The van der Waals surface area contributed by atoms with Crippen molar-refractivity contribution in [3.63, 3.8) is 0 Å². The fourth-order valence-corrected chi connectivity index (χ4v) is 7.70. The molecular weight excluding hydrogens is 585 g/mol. The zero-order valence-electron chi connectivity index (χ0n) is 26.0. The van der Waals surface area contributed by atoms with Gasteiger partial charge in [-0.2, -0.15) is 0 Å². The fraction of sp³-hybridized carbons (Fsp3) is 0. The van der Waals surface area contributed by atoms with Crippen LogP contribution in [0.25, 0.3) is 99.2 Å². The van der Waals surface area contributed by atoms with Crippen molar-refractivity contribution in [3.05, 3.63) is 170 Å². The van der Waals surface area contributed by atoms with Crippen molar-refractivity contribution < 1.29 is 8.83 Å². The Morgan fingerprint density at radius 3 is 1.40 bits per heavy atom. The Hall–Kier alpha value is -6.38. The topological polar surface area (TPSA) is 26.3 Å². The van der Waals surface area contributed by atoms with Crippen molar-refractivity contribution in [2.75, 3.05) is 0 Å². The van der Waals surface area contributed by atoms with Crippen molar-refractivity contribution in [1.29, 1.82) is 0 Å². The third kappa shape index (κ3) is 3.93. The Labute approximate surface area is 277 Å². The number of benzene rings is 8. The summed E-state index contributed by atoms with van der Waals surface area (Å²) < 4.78 is 13.3. The van der Waals surface area contributed by atoms with Crippen molar-refractivity contribution in [2.24, 2.45) is 0 Å². The SMILES string of the molecule is c1ccc(-c2ccccc2-c2c3ccccc3c(-c3c(-c4ccccc4)oc4ccc5oc6ccccc6c5c34)c3ccccc23)cc1. The van der Waals surface area contributed by atoms with Gasteiger partial charge in [-0.1, -0.05) is 152 Å². The summed E-state index contributed by atoms with van der Waals surface area (Å²) in [4.78, 5) is 0. The number of hydrogen-bond acceptors (Lipinski definition) is 2. The molecule has 0 unspecified atom stereocenters. The summed E-state index contributed by atoms with van der Waals surface area (Å²) >= 11 is 0. The van der Waals surface area contributed by atoms with E-state index >= 15 is 0 Å². The summed E-state index contributed by atoms with van der Waals surface area (Å²) in [5.41, 5.74) is 10.7. The molecule has 0 saturated carbocycles. The maximum Gasteiger partial charge on any atom is 0.143 e. The van der Waals surface area contributed by atoms with Crippen molar-refractivity contribution in [1.82, 2.24) is 0 Å². The minimum Gasteiger partial charge on any atom is -0.456 e. The van der Waals surface area contributed by atoms with Crippen molar-refractivity contribution in [2.45, 2.75) is 0 Å². The molecule has 8 aromatic carbocycles. The highest BCUT2D eigenvalue weighted by Gasteiger charge is 2.27. The Kier molecular flexibility index (Phi) is 5.91. The normalized spacial score (nSPS) is 11.8. The summed E-state index contributed by atoms with van der Waals surface area (Å²) in [6, 6.07) is 60.1. The zero-order valence-corrected chi connectivity index (χ0v) is 26.0. The third-order valence-electron chi connectivity index (χ3n) is 9.69. The van der Waals surface area contributed by atoms with Gasteiger partial charge in [0.05, 0.1) is 0 Å². The van der Waals surface area contributed by atoms with Crippen LogP contribution in [0, 0.1) is 0 Å². The standard InChI is InChI=1S/C46H28O2/c1-3-15-29(16-4-1)31-19-7-8-20-32(31)41-33-21-9-11-23-35(33)42(36-24-12-10-22-34(36)41)45-44-40(48-46(45)30-17-5-2-6-18-30)28-27-39-43(44)37-25-13-14-26-38(37)47-39/h1-28H. The van der Waals surface area contributed by atoms with E-state index in [2.05, 4.69) is 152 Å². The van der Waals surface area contributed by atoms with E-state index in [-0.39, 0.29) is 0 Å². The highest BCUT2D eigenvalue weighted by molar-refractivity contribution is 6.30. The van der Waals surface area contributed by atoms with Gasteiger partial charge in [-0.15, -0.1) is 0 Å². The second-order valence-electron chi connectivity index (χ2n) is 12.3. The molecule has 0 saturated heterocycles. The van der Waals surface area contributed by atoms with E-state index in [1.165, 1.54) is 43.8 Å². The molecule has 224 valence electrons. The first kappa shape index (κ1) is 26.8. The minimum absolute atomic E-state index is 0.842. The molecule has 10 rings (SSSR count). The van der Waals surface area contributed by atoms with Crippen molar-refractivity contribution >= 4 is 54.5 Å². The number of fused-ring (bicyclic) bond motifs is 7. The molecule has 0 N–H and O–H groups in total. The van der Waals surface area contributed by atoms with E-state index in [9.17, 15) is 0 Å². The number of para-hydroxylation sites is 1. The summed E-state index contributed by atoms with van der Waals surface area (Å²) in [6.07, 6.45) is 0. The molecular formula is C46H28O2. The monoisotopic (exact) mass is 612 g/mol. The van der Waals surface area contributed by atoms with Crippen LogP contribution >= 0.6 is 0 Å². The molecule has 0 aliphatic carbocycles. The summed E-state index contributed by atoms with van der Waals surface area (Å²) in [6.45, 7) is 0. The molecule has 0 spiro atoms. The Bertz CT molecular complexity index is 2760. The summed E-state index contributed by atoms with van der Waals surface area (Å²) in [7, 11) is 0. The first-order valence-electron chi connectivity index (χ1n) is 16.4. The predicted octanol–water partition coefficient (Wildman–Crippen LogP) is 13.3. The van der Waals surface area contributed by atoms with Crippen LogP contribution in [0.1, 0.15) is 0 Å². The second-order valence-corrected chi connectivity index (χ2v) is 12.3. The van der Waals surface area contributed by atoms with Gasteiger partial charge in [0.15, 0.2) is 0 Å². The highest BCUT2D eigenvalue weighted by atomic mass is 16.3. The lowest BCUT2D eigenvalue weighted by Crippen LogP contribution is -1.93. The van der Waals surface area contributed by atoms with Crippen LogP contribution < -0.4 is 0 Å². The van der Waals surface area contributed by atoms with Crippen LogP contribution in [-0.4, -0.2) is 0 Å².